The van der Waals surface area contributed by atoms with Crippen LogP contribution in [0.15, 0.2) is 52.9 Å². The fourth-order valence-corrected chi connectivity index (χ4v) is 4.75. The summed E-state index contributed by atoms with van der Waals surface area (Å²) in [4.78, 5) is 12.2. The highest BCUT2D eigenvalue weighted by atomic mass is 35.5. The van der Waals surface area contributed by atoms with E-state index in [4.69, 9.17) is 16.3 Å². The number of aromatic nitrogens is 2. The number of ether oxygens (including phenoxy) is 1. The average Bonchev–Trinajstić information content (AvgIpc) is 3.22. The lowest BCUT2D eigenvalue weighted by atomic mass is 10.1. The summed E-state index contributed by atoms with van der Waals surface area (Å²) < 4.78 is 32.5. The van der Waals surface area contributed by atoms with Crippen LogP contribution in [-0.2, 0) is 16.4 Å². The van der Waals surface area contributed by atoms with Gasteiger partial charge in [-0.15, -0.1) is 10.2 Å². The highest BCUT2D eigenvalue weighted by Gasteiger charge is 2.20. The van der Waals surface area contributed by atoms with Crippen molar-refractivity contribution in [2.45, 2.75) is 24.1 Å². The molecule has 31 heavy (non-hydrogen) atoms. The second-order valence-corrected chi connectivity index (χ2v) is 9.77. The quantitative estimate of drug-likeness (QED) is 0.337. The first-order valence-electron chi connectivity index (χ1n) is 9.49. The minimum Gasteiger partial charge on any atom is -0.494 e. The van der Waals surface area contributed by atoms with Crippen LogP contribution < -0.4 is 14.8 Å². The normalized spacial score (nSPS) is 11.3. The molecule has 0 unspecified atom stereocenters. The van der Waals surface area contributed by atoms with Crippen molar-refractivity contribution in [3.05, 3.63) is 64.7 Å². The summed E-state index contributed by atoms with van der Waals surface area (Å²) in [6.07, 6.45) is 1.33. The van der Waals surface area contributed by atoms with Gasteiger partial charge in [0, 0.05) is 17.1 Å². The smallest absolute Gasteiger partial charge is 0.269 e. The Balaban J connectivity index is 1.49. The van der Waals surface area contributed by atoms with Crippen molar-refractivity contribution in [3.63, 3.8) is 0 Å². The van der Waals surface area contributed by atoms with Crippen molar-refractivity contribution in [1.29, 1.82) is 0 Å². The number of nitrogens with one attached hydrogen (secondary N) is 2. The third kappa shape index (κ3) is 6.73. The van der Waals surface area contributed by atoms with Gasteiger partial charge >= 0.3 is 0 Å². The number of nitrogens with zero attached hydrogens (tertiary/aromatic N) is 2. The first kappa shape index (κ1) is 23.1. The highest BCUT2D eigenvalue weighted by molar-refractivity contribution is 7.91. The first-order valence-corrected chi connectivity index (χ1v) is 12.2. The van der Waals surface area contributed by atoms with Gasteiger partial charge in [-0.2, -0.15) is 0 Å². The van der Waals surface area contributed by atoms with Crippen LogP contribution in [0.4, 0.5) is 5.13 Å². The molecule has 2 N–H and O–H groups in total. The highest BCUT2D eigenvalue weighted by Crippen LogP contribution is 2.21. The van der Waals surface area contributed by atoms with E-state index in [2.05, 4.69) is 20.2 Å². The fourth-order valence-electron chi connectivity index (χ4n) is 2.62. The van der Waals surface area contributed by atoms with Crippen molar-refractivity contribution in [2.75, 3.05) is 18.5 Å². The van der Waals surface area contributed by atoms with Crippen molar-refractivity contribution in [2.24, 2.45) is 0 Å². The standard InChI is InChI=1S/C20H21ClN4O4S2/c1-2-29-17-11-5-14(6-12-17)4-3-13-22-31(27,28)20-25-24-19(30-20)23-18(26)15-7-9-16(21)10-8-15/h5-12,22H,2-4,13H2,1H3,(H,23,24,26). The Hall–Kier alpha value is -2.53. The largest absolute Gasteiger partial charge is 0.494 e. The van der Waals surface area contributed by atoms with Gasteiger partial charge < -0.3 is 4.74 Å². The van der Waals surface area contributed by atoms with E-state index in [1.165, 1.54) is 0 Å². The Morgan fingerprint density at radius 3 is 2.48 bits per heavy atom. The van der Waals surface area contributed by atoms with E-state index in [1.54, 1.807) is 24.3 Å². The summed E-state index contributed by atoms with van der Waals surface area (Å²) in [6, 6.07) is 14.0. The SMILES string of the molecule is CCOc1ccc(CCCNS(=O)(=O)c2nnc(NC(=O)c3ccc(Cl)cc3)s2)cc1. The van der Waals surface area contributed by atoms with Crippen LogP contribution >= 0.6 is 22.9 Å². The molecule has 0 atom stereocenters. The maximum atomic E-state index is 12.4. The molecule has 164 valence electrons. The number of amides is 1. The minimum absolute atomic E-state index is 0.0923. The van der Waals surface area contributed by atoms with Crippen LogP contribution in [0.5, 0.6) is 5.75 Å². The van der Waals surface area contributed by atoms with Crippen molar-refractivity contribution in [3.8, 4) is 5.75 Å². The van der Waals surface area contributed by atoms with Crippen LogP contribution in [0.2, 0.25) is 5.02 Å². The molecule has 1 aromatic heterocycles. The molecule has 8 nitrogen and oxygen atoms in total. The Morgan fingerprint density at radius 1 is 1.10 bits per heavy atom. The molecule has 0 spiro atoms. The zero-order chi connectivity index (χ0) is 22.3. The molecule has 0 aliphatic heterocycles. The minimum atomic E-state index is -3.81. The lowest BCUT2D eigenvalue weighted by Gasteiger charge is -2.06. The van der Waals surface area contributed by atoms with Gasteiger partial charge in [0.25, 0.3) is 15.9 Å². The number of anilines is 1. The number of aryl methyl sites for hydroxylation is 1. The molecule has 3 rings (SSSR count). The molecule has 0 bridgehead atoms. The molecule has 0 radical (unpaired) electrons. The summed E-state index contributed by atoms with van der Waals surface area (Å²) >= 11 is 6.59. The number of rotatable bonds is 10. The van der Waals surface area contributed by atoms with Crippen LogP contribution in [0.3, 0.4) is 0 Å². The van der Waals surface area contributed by atoms with E-state index >= 15 is 0 Å². The lowest BCUT2D eigenvalue weighted by Crippen LogP contribution is -2.25. The fraction of sp³-hybridized carbons (Fsp3) is 0.250. The molecule has 0 saturated heterocycles. The maximum absolute atomic E-state index is 12.4. The number of hydrogen-bond acceptors (Lipinski definition) is 7. The van der Waals surface area contributed by atoms with E-state index in [9.17, 15) is 13.2 Å². The van der Waals surface area contributed by atoms with Crippen LogP contribution in [0.25, 0.3) is 0 Å². The van der Waals surface area contributed by atoms with Crippen LogP contribution in [0, 0.1) is 0 Å². The lowest BCUT2D eigenvalue weighted by molar-refractivity contribution is 0.102. The van der Waals surface area contributed by atoms with Crippen LogP contribution in [0.1, 0.15) is 29.3 Å². The molecular weight excluding hydrogens is 460 g/mol. The predicted molar refractivity (Wildman–Crippen MR) is 120 cm³/mol. The summed E-state index contributed by atoms with van der Waals surface area (Å²) in [5, 5.41) is 10.6. The van der Waals surface area contributed by atoms with Gasteiger partial charge in [-0.25, -0.2) is 13.1 Å². The molecule has 0 aliphatic rings. The third-order valence-corrected chi connectivity index (χ3v) is 7.05. The number of benzene rings is 2. The van der Waals surface area contributed by atoms with Crippen LogP contribution in [-0.4, -0.2) is 37.7 Å². The van der Waals surface area contributed by atoms with Gasteiger partial charge in [0.1, 0.15) is 5.75 Å². The monoisotopic (exact) mass is 480 g/mol. The number of sulfonamides is 1. The third-order valence-electron chi connectivity index (χ3n) is 4.13. The second-order valence-electron chi connectivity index (χ2n) is 6.41. The van der Waals surface area contributed by atoms with Gasteiger partial charge in [-0.3, -0.25) is 10.1 Å². The summed E-state index contributed by atoms with van der Waals surface area (Å²) in [7, 11) is -3.81. The zero-order valence-electron chi connectivity index (χ0n) is 16.7. The van der Waals surface area contributed by atoms with E-state index in [0.29, 0.717) is 30.0 Å². The van der Waals surface area contributed by atoms with E-state index in [0.717, 1.165) is 22.6 Å². The number of hydrogen-bond donors (Lipinski definition) is 2. The molecule has 2 aromatic carbocycles. The predicted octanol–water partition coefficient (Wildman–Crippen LogP) is 3.75. The zero-order valence-corrected chi connectivity index (χ0v) is 19.1. The van der Waals surface area contributed by atoms with Crippen molar-refractivity contribution < 1.29 is 17.9 Å². The Kier molecular flexibility index (Phi) is 7.97. The number of carbonyl (C=O) groups is 1. The Bertz CT molecular complexity index is 1120. The van der Waals surface area contributed by atoms with E-state index < -0.39 is 15.9 Å². The number of halogens is 1. The second kappa shape index (κ2) is 10.7. The van der Waals surface area contributed by atoms with Gasteiger partial charge in [0.15, 0.2) is 0 Å². The molecule has 0 fully saturated rings. The molecule has 11 heteroatoms. The molecule has 0 saturated carbocycles. The summed E-state index contributed by atoms with van der Waals surface area (Å²) in [5.74, 6) is 0.377. The Labute approximate surface area is 189 Å². The molecule has 0 aliphatic carbocycles. The van der Waals surface area contributed by atoms with E-state index in [1.807, 2.05) is 31.2 Å². The van der Waals surface area contributed by atoms with E-state index in [-0.39, 0.29) is 16.0 Å². The van der Waals surface area contributed by atoms with Crippen molar-refractivity contribution >= 4 is 44.0 Å². The van der Waals surface area contributed by atoms with Gasteiger partial charge in [-0.1, -0.05) is 35.1 Å². The molecule has 1 amide bonds. The van der Waals surface area contributed by atoms with Crippen molar-refractivity contribution in [1.82, 2.24) is 14.9 Å². The Morgan fingerprint density at radius 2 is 1.81 bits per heavy atom. The summed E-state index contributed by atoms with van der Waals surface area (Å²) in [5.41, 5.74) is 1.46. The average molecular weight is 481 g/mol. The first-order chi connectivity index (χ1) is 14.9. The number of carbonyl (C=O) groups excluding carboxylic acids is 1. The summed E-state index contributed by atoms with van der Waals surface area (Å²) in [6.45, 7) is 2.79. The molecular formula is C20H21ClN4O4S2. The topological polar surface area (TPSA) is 110 Å². The molecule has 3 aromatic rings. The maximum Gasteiger partial charge on any atom is 0.269 e. The molecule has 1 heterocycles. The van der Waals surface area contributed by atoms with Gasteiger partial charge in [-0.05, 0) is 61.7 Å². The van der Waals surface area contributed by atoms with Gasteiger partial charge in [0.2, 0.25) is 9.47 Å². The van der Waals surface area contributed by atoms with Gasteiger partial charge in [0.05, 0.1) is 6.61 Å².